The number of hydrogen-bond donors (Lipinski definition) is 1. The van der Waals surface area contributed by atoms with Gasteiger partial charge in [0.25, 0.3) is 0 Å². The first kappa shape index (κ1) is 12.6. The molecular formula is C12H18FN5. The van der Waals surface area contributed by atoms with Crippen LogP contribution in [0.2, 0.25) is 0 Å². The van der Waals surface area contributed by atoms with Gasteiger partial charge in [-0.25, -0.2) is 4.39 Å². The Hall–Kier alpha value is -1.85. The molecule has 18 heavy (non-hydrogen) atoms. The molecule has 0 aliphatic heterocycles. The van der Waals surface area contributed by atoms with Crippen LogP contribution >= 0.6 is 0 Å². The van der Waals surface area contributed by atoms with Gasteiger partial charge in [0, 0.05) is 31.0 Å². The van der Waals surface area contributed by atoms with Crippen LogP contribution in [-0.2, 0) is 19.6 Å². The van der Waals surface area contributed by atoms with Crippen molar-refractivity contribution in [3.05, 3.63) is 30.4 Å². The molecule has 0 bridgehead atoms. The zero-order chi connectivity index (χ0) is 12.8. The second kappa shape index (κ2) is 6.18. The van der Waals surface area contributed by atoms with E-state index in [0.717, 1.165) is 24.2 Å². The summed E-state index contributed by atoms with van der Waals surface area (Å²) in [6.45, 7) is 3.67. The van der Waals surface area contributed by atoms with Crippen molar-refractivity contribution < 1.29 is 4.39 Å². The van der Waals surface area contributed by atoms with Crippen molar-refractivity contribution in [3.63, 3.8) is 0 Å². The summed E-state index contributed by atoms with van der Waals surface area (Å²) in [5, 5.41) is 11.5. The maximum Gasteiger partial charge on any atom is 0.109 e. The van der Waals surface area contributed by atoms with E-state index in [-0.39, 0.29) is 0 Å². The molecular weight excluding hydrogens is 233 g/mol. The third-order valence-electron chi connectivity index (χ3n) is 2.58. The predicted octanol–water partition coefficient (Wildman–Crippen LogP) is 2.07. The van der Waals surface area contributed by atoms with Gasteiger partial charge in [-0.2, -0.15) is 10.2 Å². The van der Waals surface area contributed by atoms with E-state index in [9.17, 15) is 4.39 Å². The van der Waals surface area contributed by atoms with Crippen LogP contribution in [0.3, 0.4) is 0 Å². The first-order chi connectivity index (χ1) is 8.81. The van der Waals surface area contributed by atoms with Crippen LogP contribution < -0.4 is 5.32 Å². The summed E-state index contributed by atoms with van der Waals surface area (Å²) < 4.78 is 15.6. The molecule has 0 amide bonds. The third kappa shape index (κ3) is 3.32. The molecule has 0 aliphatic rings. The van der Waals surface area contributed by atoms with E-state index in [1.807, 2.05) is 17.1 Å². The lowest BCUT2D eigenvalue weighted by Crippen LogP contribution is -2.00. The van der Waals surface area contributed by atoms with Crippen molar-refractivity contribution >= 4 is 5.69 Å². The molecule has 0 aromatic carbocycles. The first-order valence-corrected chi connectivity index (χ1v) is 6.15. The van der Waals surface area contributed by atoms with Crippen LogP contribution in [0.1, 0.15) is 18.9 Å². The van der Waals surface area contributed by atoms with Gasteiger partial charge in [0.15, 0.2) is 0 Å². The highest BCUT2D eigenvalue weighted by molar-refractivity contribution is 5.38. The highest BCUT2D eigenvalue weighted by Crippen LogP contribution is 2.08. The summed E-state index contributed by atoms with van der Waals surface area (Å²) in [7, 11) is 0. The molecule has 0 atom stereocenters. The standard InChI is InChI=1S/C12H18FN5/c1-2-4-17-9-11(7-15-17)6-14-12-8-16-18(10-12)5-3-13/h7-10,14H,2-6H2,1H3. The average molecular weight is 251 g/mol. The van der Waals surface area contributed by atoms with Crippen molar-refractivity contribution in [1.82, 2.24) is 19.6 Å². The molecule has 5 nitrogen and oxygen atoms in total. The fourth-order valence-corrected chi connectivity index (χ4v) is 1.72. The second-order valence-electron chi connectivity index (χ2n) is 4.15. The summed E-state index contributed by atoms with van der Waals surface area (Å²) in [6.07, 6.45) is 8.46. The second-order valence-corrected chi connectivity index (χ2v) is 4.15. The fraction of sp³-hybridized carbons (Fsp3) is 0.500. The number of hydrogen-bond acceptors (Lipinski definition) is 3. The van der Waals surface area contributed by atoms with Gasteiger partial charge in [0.1, 0.15) is 6.67 Å². The zero-order valence-electron chi connectivity index (χ0n) is 10.5. The SMILES string of the molecule is CCCn1cc(CNc2cnn(CCF)c2)cn1. The Labute approximate surface area is 106 Å². The predicted molar refractivity (Wildman–Crippen MR) is 68.0 cm³/mol. The van der Waals surface area contributed by atoms with Gasteiger partial charge >= 0.3 is 0 Å². The molecule has 0 spiro atoms. The number of aryl methyl sites for hydroxylation is 2. The highest BCUT2D eigenvalue weighted by atomic mass is 19.1. The summed E-state index contributed by atoms with van der Waals surface area (Å²) in [5.41, 5.74) is 2.02. The minimum atomic E-state index is -0.398. The van der Waals surface area contributed by atoms with Gasteiger partial charge in [-0.15, -0.1) is 0 Å². The molecule has 0 fully saturated rings. The quantitative estimate of drug-likeness (QED) is 0.819. The molecule has 0 saturated carbocycles. The summed E-state index contributed by atoms with van der Waals surface area (Å²) in [6, 6.07) is 0. The Morgan fingerprint density at radius 1 is 1.17 bits per heavy atom. The van der Waals surface area contributed by atoms with Crippen molar-refractivity contribution in [3.8, 4) is 0 Å². The molecule has 6 heteroatoms. The van der Waals surface area contributed by atoms with Gasteiger partial charge in [-0.3, -0.25) is 9.36 Å². The van der Waals surface area contributed by atoms with Gasteiger partial charge in [-0.1, -0.05) is 6.92 Å². The Balaban J connectivity index is 1.85. The topological polar surface area (TPSA) is 47.7 Å². The van der Waals surface area contributed by atoms with Crippen molar-refractivity contribution in [1.29, 1.82) is 0 Å². The van der Waals surface area contributed by atoms with E-state index in [2.05, 4.69) is 22.4 Å². The summed E-state index contributed by atoms with van der Waals surface area (Å²) >= 11 is 0. The van der Waals surface area contributed by atoms with E-state index in [1.165, 1.54) is 0 Å². The number of alkyl halides is 1. The van der Waals surface area contributed by atoms with Gasteiger partial charge in [0.2, 0.25) is 0 Å². The zero-order valence-corrected chi connectivity index (χ0v) is 10.5. The minimum Gasteiger partial charge on any atom is -0.378 e. The Morgan fingerprint density at radius 2 is 1.94 bits per heavy atom. The normalized spacial score (nSPS) is 10.8. The van der Waals surface area contributed by atoms with E-state index in [0.29, 0.717) is 13.1 Å². The number of halogens is 1. The van der Waals surface area contributed by atoms with Gasteiger partial charge in [0.05, 0.1) is 24.6 Å². The highest BCUT2D eigenvalue weighted by Gasteiger charge is 2.00. The molecule has 0 radical (unpaired) electrons. The maximum atomic E-state index is 12.1. The van der Waals surface area contributed by atoms with E-state index in [1.54, 1.807) is 17.1 Å². The van der Waals surface area contributed by atoms with Crippen LogP contribution in [0.4, 0.5) is 10.1 Å². The van der Waals surface area contributed by atoms with Crippen LogP contribution in [0.15, 0.2) is 24.8 Å². The van der Waals surface area contributed by atoms with E-state index in [4.69, 9.17) is 0 Å². The van der Waals surface area contributed by atoms with Gasteiger partial charge < -0.3 is 5.32 Å². The molecule has 2 heterocycles. The Kier molecular flexibility index (Phi) is 4.33. The maximum absolute atomic E-state index is 12.1. The van der Waals surface area contributed by atoms with Crippen molar-refractivity contribution in [2.24, 2.45) is 0 Å². The monoisotopic (exact) mass is 251 g/mol. The van der Waals surface area contributed by atoms with Gasteiger partial charge in [-0.05, 0) is 6.42 Å². The number of nitrogens with zero attached hydrogens (tertiary/aromatic N) is 4. The lowest BCUT2D eigenvalue weighted by atomic mass is 10.3. The molecule has 2 rings (SSSR count). The van der Waals surface area contributed by atoms with Crippen molar-refractivity contribution in [2.75, 3.05) is 12.0 Å². The molecule has 0 aliphatic carbocycles. The smallest absolute Gasteiger partial charge is 0.109 e. The molecule has 2 aromatic rings. The number of aromatic nitrogens is 4. The summed E-state index contributed by atoms with van der Waals surface area (Å²) in [4.78, 5) is 0. The Bertz CT molecular complexity index is 432. The molecule has 1 N–H and O–H groups in total. The largest absolute Gasteiger partial charge is 0.378 e. The first-order valence-electron chi connectivity index (χ1n) is 6.15. The lowest BCUT2D eigenvalue weighted by molar-refractivity contribution is 0.427. The minimum absolute atomic E-state index is 0.302. The molecule has 98 valence electrons. The average Bonchev–Trinajstić information content (AvgIpc) is 2.97. The number of rotatable bonds is 7. The van der Waals surface area contributed by atoms with E-state index >= 15 is 0 Å². The Morgan fingerprint density at radius 3 is 2.72 bits per heavy atom. The van der Waals surface area contributed by atoms with Crippen LogP contribution in [0, 0.1) is 0 Å². The number of anilines is 1. The number of nitrogens with one attached hydrogen (secondary N) is 1. The van der Waals surface area contributed by atoms with Crippen LogP contribution in [0.25, 0.3) is 0 Å². The third-order valence-corrected chi connectivity index (χ3v) is 2.58. The molecule has 0 saturated heterocycles. The fourth-order valence-electron chi connectivity index (χ4n) is 1.72. The van der Waals surface area contributed by atoms with E-state index < -0.39 is 6.67 Å². The van der Waals surface area contributed by atoms with Crippen LogP contribution in [0.5, 0.6) is 0 Å². The van der Waals surface area contributed by atoms with Crippen LogP contribution in [-0.4, -0.2) is 26.2 Å². The molecule has 2 aromatic heterocycles. The summed E-state index contributed by atoms with van der Waals surface area (Å²) in [5.74, 6) is 0. The molecule has 0 unspecified atom stereocenters. The van der Waals surface area contributed by atoms with Crippen molar-refractivity contribution in [2.45, 2.75) is 33.0 Å². The lowest BCUT2D eigenvalue weighted by Gasteiger charge is -2.00.